The molecule has 1 N–H and O–H groups in total. The molecular weight excluding hydrogens is 324 g/mol. The average molecular weight is 340 g/mol. The van der Waals surface area contributed by atoms with Crippen LogP contribution in [0.5, 0.6) is 0 Å². The molecule has 2 rings (SSSR count). The number of hydrogen-bond acceptors (Lipinski definition) is 5. The van der Waals surface area contributed by atoms with Crippen LogP contribution in [0, 0.1) is 11.3 Å². The van der Waals surface area contributed by atoms with Crippen LogP contribution in [0.1, 0.15) is 21.5 Å². The first-order chi connectivity index (χ1) is 11.7. The number of nitrogens with zero attached hydrogens (tertiary/aromatic N) is 1. The van der Waals surface area contributed by atoms with Gasteiger partial charge in [0.15, 0.2) is 0 Å². The van der Waals surface area contributed by atoms with E-state index in [2.05, 4.69) is 11.4 Å². The molecule has 0 aliphatic heterocycles. The van der Waals surface area contributed by atoms with Crippen molar-refractivity contribution >= 4 is 29.3 Å². The number of amides is 1. The second-order valence-corrected chi connectivity index (χ2v) is 5.83. The molecule has 0 aromatic heterocycles. The van der Waals surface area contributed by atoms with E-state index in [-0.39, 0.29) is 11.7 Å². The average Bonchev–Trinajstić information content (AvgIpc) is 2.62. The van der Waals surface area contributed by atoms with E-state index in [0.29, 0.717) is 22.6 Å². The zero-order chi connectivity index (χ0) is 17.4. The Morgan fingerprint density at radius 1 is 1.17 bits per heavy atom. The van der Waals surface area contributed by atoms with Gasteiger partial charge in [-0.05, 0) is 23.8 Å². The number of nitriles is 1. The van der Waals surface area contributed by atoms with Gasteiger partial charge in [0.05, 0.1) is 35.7 Å². The monoisotopic (exact) mass is 340 g/mol. The highest BCUT2D eigenvalue weighted by Crippen LogP contribution is 2.18. The summed E-state index contributed by atoms with van der Waals surface area (Å²) in [4.78, 5) is 23.7. The zero-order valence-electron chi connectivity index (χ0n) is 13.1. The lowest BCUT2D eigenvalue weighted by Crippen LogP contribution is -2.17. The summed E-state index contributed by atoms with van der Waals surface area (Å²) in [6.07, 6.45) is 0. The van der Waals surface area contributed by atoms with E-state index in [4.69, 9.17) is 10.00 Å². The molecule has 0 fully saturated rings. The standard InChI is InChI=1S/C18H16N2O3S/c1-23-18(22)15-8-4-5-9-16(15)20-17(21)12-24-11-14-7-3-2-6-13(14)10-19/h2-9H,11-12H2,1H3,(H,20,21). The quantitative estimate of drug-likeness (QED) is 0.817. The van der Waals surface area contributed by atoms with Crippen LogP contribution in [-0.4, -0.2) is 24.7 Å². The van der Waals surface area contributed by atoms with Gasteiger partial charge in [-0.25, -0.2) is 4.79 Å². The van der Waals surface area contributed by atoms with Gasteiger partial charge in [0.2, 0.25) is 5.91 Å². The van der Waals surface area contributed by atoms with E-state index in [1.807, 2.05) is 18.2 Å². The number of methoxy groups -OCH3 is 1. The maximum Gasteiger partial charge on any atom is 0.339 e. The summed E-state index contributed by atoms with van der Waals surface area (Å²) >= 11 is 1.40. The highest BCUT2D eigenvalue weighted by molar-refractivity contribution is 7.99. The third kappa shape index (κ3) is 4.61. The molecular formula is C18H16N2O3S. The molecule has 0 heterocycles. The minimum absolute atomic E-state index is 0.217. The SMILES string of the molecule is COC(=O)c1ccccc1NC(=O)CSCc1ccccc1C#N. The number of ether oxygens (including phenoxy) is 1. The molecule has 0 saturated carbocycles. The molecule has 0 saturated heterocycles. The molecule has 5 nitrogen and oxygen atoms in total. The number of benzene rings is 2. The number of rotatable bonds is 6. The molecule has 1 amide bonds. The largest absolute Gasteiger partial charge is 0.465 e. The van der Waals surface area contributed by atoms with Crippen molar-refractivity contribution in [3.05, 3.63) is 65.2 Å². The van der Waals surface area contributed by atoms with Crippen molar-refractivity contribution in [1.82, 2.24) is 0 Å². The van der Waals surface area contributed by atoms with Crippen LogP contribution in [-0.2, 0) is 15.3 Å². The van der Waals surface area contributed by atoms with Crippen molar-refractivity contribution < 1.29 is 14.3 Å². The fourth-order valence-corrected chi connectivity index (χ4v) is 2.91. The molecule has 24 heavy (non-hydrogen) atoms. The molecule has 0 bridgehead atoms. The summed E-state index contributed by atoms with van der Waals surface area (Å²) in [5.74, 6) is 0.0673. The molecule has 0 radical (unpaired) electrons. The Hall–Kier alpha value is -2.78. The van der Waals surface area contributed by atoms with Crippen molar-refractivity contribution in [2.75, 3.05) is 18.2 Å². The van der Waals surface area contributed by atoms with Gasteiger partial charge in [-0.2, -0.15) is 5.26 Å². The molecule has 2 aromatic carbocycles. The number of carbonyl (C=O) groups excluding carboxylic acids is 2. The summed E-state index contributed by atoms with van der Waals surface area (Å²) in [6, 6.07) is 16.1. The number of para-hydroxylation sites is 1. The van der Waals surface area contributed by atoms with E-state index in [9.17, 15) is 9.59 Å². The Morgan fingerprint density at radius 2 is 1.88 bits per heavy atom. The Labute approximate surface area is 144 Å². The number of carbonyl (C=O) groups is 2. The topological polar surface area (TPSA) is 79.2 Å². The molecule has 0 unspecified atom stereocenters. The van der Waals surface area contributed by atoms with Crippen LogP contribution in [0.4, 0.5) is 5.69 Å². The smallest absolute Gasteiger partial charge is 0.339 e. The van der Waals surface area contributed by atoms with Gasteiger partial charge < -0.3 is 10.1 Å². The lowest BCUT2D eigenvalue weighted by atomic mass is 10.1. The fourth-order valence-electron chi connectivity index (χ4n) is 2.08. The van der Waals surface area contributed by atoms with Crippen molar-refractivity contribution in [2.45, 2.75) is 5.75 Å². The highest BCUT2D eigenvalue weighted by Gasteiger charge is 2.13. The number of anilines is 1. The molecule has 0 aliphatic rings. The molecule has 2 aromatic rings. The van der Waals surface area contributed by atoms with E-state index >= 15 is 0 Å². The lowest BCUT2D eigenvalue weighted by molar-refractivity contribution is -0.113. The van der Waals surface area contributed by atoms with Crippen LogP contribution >= 0.6 is 11.8 Å². The van der Waals surface area contributed by atoms with Gasteiger partial charge in [-0.3, -0.25) is 4.79 Å². The first-order valence-electron chi connectivity index (χ1n) is 7.18. The summed E-state index contributed by atoms with van der Waals surface area (Å²) in [6.45, 7) is 0. The van der Waals surface area contributed by atoms with Crippen LogP contribution in [0.25, 0.3) is 0 Å². The third-order valence-electron chi connectivity index (χ3n) is 3.23. The van der Waals surface area contributed by atoms with Crippen molar-refractivity contribution in [2.24, 2.45) is 0 Å². The van der Waals surface area contributed by atoms with E-state index in [1.165, 1.54) is 18.9 Å². The fraction of sp³-hybridized carbons (Fsp3) is 0.167. The van der Waals surface area contributed by atoms with Gasteiger partial charge in [0.1, 0.15) is 0 Å². The van der Waals surface area contributed by atoms with Gasteiger partial charge in [-0.1, -0.05) is 30.3 Å². The van der Waals surface area contributed by atoms with E-state index in [1.54, 1.807) is 30.3 Å². The predicted molar refractivity (Wildman–Crippen MR) is 93.7 cm³/mol. The number of nitrogens with one attached hydrogen (secondary N) is 1. The molecule has 0 aliphatic carbocycles. The maximum atomic E-state index is 12.1. The van der Waals surface area contributed by atoms with Crippen molar-refractivity contribution in [1.29, 1.82) is 5.26 Å². The second kappa shape index (κ2) is 8.75. The van der Waals surface area contributed by atoms with Gasteiger partial charge in [0, 0.05) is 5.75 Å². The van der Waals surface area contributed by atoms with Crippen LogP contribution in [0.15, 0.2) is 48.5 Å². The maximum absolute atomic E-state index is 12.1. The Bertz CT molecular complexity index is 784. The Kier molecular flexibility index (Phi) is 6.41. The van der Waals surface area contributed by atoms with Gasteiger partial charge in [0.25, 0.3) is 0 Å². The van der Waals surface area contributed by atoms with Crippen LogP contribution in [0.2, 0.25) is 0 Å². The van der Waals surface area contributed by atoms with Crippen LogP contribution in [0.3, 0.4) is 0 Å². The zero-order valence-corrected chi connectivity index (χ0v) is 13.9. The van der Waals surface area contributed by atoms with Gasteiger partial charge >= 0.3 is 5.97 Å². The normalized spacial score (nSPS) is 9.83. The first kappa shape index (κ1) is 17.6. The number of hydrogen-bond donors (Lipinski definition) is 1. The van der Waals surface area contributed by atoms with Crippen molar-refractivity contribution in [3.63, 3.8) is 0 Å². The minimum Gasteiger partial charge on any atom is -0.465 e. The third-order valence-corrected chi connectivity index (χ3v) is 4.22. The number of esters is 1. The van der Waals surface area contributed by atoms with E-state index < -0.39 is 5.97 Å². The summed E-state index contributed by atoms with van der Waals surface area (Å²) in [7, 11) is 1.30. The summed E-state index contributed by atoms with van der Waals surface area (Å²) in [5.41, 5.74) is 2.25. The predicted octanol–water partition coefficient (Wildman–Crippen LogP) is 3.22. The van der Waals surface area contributed by atoms with Crippen LogP contribution < -0.4 is 5.32 Å². The molecule has 6 heteroatoms. The second-order valence-electron chi connectivity index (χ2n) is 4.85. The first-order valence-corrected chi connectivity index (χ1v) is 8.34. The van der Waals surface area contributed by atoms with Crippen molar-refractivity contribution in [3.8, 4) is 6.07 Å². The lowest BCUT2D eigenvalue weighted by Gasteiger charge is -2.09. The minimum atomic E-state index is -0.499. The summed E-state index contributed by atoms with van der Waals surface area (Å²) in [5, 5.41) is 11.8. The molecule has 0 atom stereocenters. The molecule has 122 valence electrons. The van der Waals surface area contributed by atoms with E-state index in [0.717, 1.165) is 5.56 Å². The Balaban J connectivity index is 1.93. The molecule has 0 spiro atoms. The summed E-state index contributed by atoms with van der Waals surface area (Å²) < 4.78 is 4.70. The highest BCUT2D eigenvalue weighted by atomic mass is 32.2. The Morgan fingerprint density at radius 3 is 2.62 bits per heavy atom. The number of thioether (sulfide) groups is 1. The van der Waals surface area contributed by atoms with Gasteiger partial charge in [-0.15, -0.1) is 11.8 Å².